The van der Waals surface area contributed by atoms with Crippen molar-refractivity contribution in [3.63, 3.8) is 0 Å². The van der Waals surface area contributed by atoms with Gasteiger partial charge in [-0.05, 0) is 55.0 Å². The van der Waals surface area contributed by atoms with Gasteiger partial charge in [0.1, 0.15) is 5.65 Å². The van der Waals surface area contributed by atoms with E-state index in [1.165, 1.54) is 21.4 Å². The standard InChI is InChI=1S/C25H26BrN5O4/c1-14(2)13-30-23-16(3-8-20(32)29-10-9-15-11-17(26)4-7-19(15)29)12-27-31(23)25(35)21(24(30)34)22(33)28-18-5-6-18/h3-4,7-8,11-12,14,18,35H,5-6,9-10,13H2,1-2H3,(H,28,33). The number of nitrogens with one attached hydrogen (secondary N) is 1. The lowest BCUT2D eigenvalue weighted by atomic mass is 10.2. The largest absolute Gasteiger partial charge is 0.492 e. The number of aromatic nitrogens is 3. The zero-order valence-electron chi connectivity index (χ0n) is 19.5. The minimum absolute atomic E-state index is 0.0366. The molecule has 0 bridgehead atoms. The third-order valence-corrected chi connectivity index (χ3v) is 6.70. The Morgan fingerprint density at radius 3 is 2.80 bits per heavy atom. The number of aromatic hydroxyl groups is 1. The van der Waals surface area contributed by atoms with Gasteiger partial charge in [0, 0.05) is 40.9 Å². The van der Waals surface area contributed by atoms with Crippen molar-refractivity contribution < 1.29 is 14.7 Å². The van der Waals surface area contributed by atoms with Crippen molar-refractivity contribution in [3.05, 3.63) is 62.0 Å². The van der Waals surface area contributed by atoms with E-state index in [4.69, 9.17) is 0 Å². The number of carbonyl (C=O) groups is 2. The second kappa shape index (κ2) is 8.99. The number of hydrogen-bond acceptors (Lipinski definition) is 5. The molecule has 182 valence electrons. The Labute approximate surface area is 210 Å². The molecule has 2 N–H and O–H groups in total. The summed E-state index contributed by atoms with van der Waals surface area (Å²) in [5.74, 6) is -1.20. The summed E-state index contributed by atoms with van der Waals surface area (Å²) in [5, 5.41) is 17.8. The number of halogens is 1. The molecule has 2 amide bonds. The second-order valence-electron chi connectivity index (χ2n) is 9.44. The molecular formula is C25H26BrN5O4. The fourth-order valence-corrected chi connectivity index (χ4v) is 4.81. The van der Waals surface area contributed by atoms with Crippen molar-refractivity contribution in [3.8, 4) is 5.88 Å². The minimum Gasteiger partial charge on any atom is -0.492 e. The monoisotopic (exact) mass is 539 g/mol. The number of rotatable bonds is 6. The zero-order valence-corrected chi connectivity index (χ0v) is 21.1. The third kappa shape index (κ3) is 4.38. The molecule has 0 spiro atoms. The van der Waals surface area contributed by atoms with Crippen LogP contribution in [0.4, 0.5) is 5.69 Å². The van der Waals surface area contributed by atoms with Crippen molar-refractivity contribution in [1.29, 1.82) is 0 Å². The number of benzene rings is 1. The molecule has 3 heterocycles. The SMILES string of the molecule is CC(C)Cn1c(=O)c(C(=O)NC2CC2)c(O)n2ncc(C=CC(=O)N3CCc4cc(Br)ccc43)c12. The van der Waals surface area contributed by atoms with Crippen LogP contribution in [0.3, 0.4) is 0 Å². The molecule has 1 aliphatic carbocycles. The van der Waals surface area contributed by atoms with Crippen LogP contribution in [0.15, 0.2) is 39.7 Å². The number of amides is 2. The fourth-order valence-electron chi connectivity index (χ4n) is 4.40. The molecule has 1 fully saturated rings. The highest BCUT2D eigenvalue weighted by atomic mass is 79.9. The number of carbonyl (C=O) groups excluding carboxylic acids is 2. The molecule has 0 unspecified atom stereocenters. The second-order valence-corrected chi connectivity index (χ2v) is 10.4. The van der Waals surface area contributed by atoms with Crippen LogP contribution in [0.5, 0.6) is 5.88 Å². The Kier molecular flexibility index (Phi) is 6.00. The number of hydrogen-bond donors (Lipinski definition) is 2. The first-order chi connectivity index (χ1) is 16.7. The minimum atomic E-state index is -0.600. The highest BCUT2D eigenvalue weighted by Gasteiger charge is 2.30. The average molecular weight is 540 g/mol. The van der Waals surface area contributed by atoms with E-state index in [9.17, 15) is 19.5 Å². The van der Waals surface area contributed by atoms with E-state index >= 15 is 0 Å². The van der Waals surface area contributed by atoms with E-state index in [0.717, 1.165) is 35.0 Å². The van der Waals surface area contributed by atoms with Crippen LogP contribution in [-0.4, -0.2) is 43.7 Å². The van der Waals surface area contributed by atoms with Crippen LogP contribution in [0.2, 0.25) is 0 Å². The average Bonchev–Trinajstić information content (AvgIpc) is 3.35. The third-order valence-electron chi connectivity index (χ3n) is 6.21. The Balaban J connectivity index is 1.53. The topological polar surface area (TPSA) is 109 Å². The van der Waals surface area contributed by atoms with E-state index in [2.05, 4.69) is 26.3 Å². The van der Waals surface area contributed by atoms with Crippen molar-refractivity contribution in [1.82, 2.24) is 19.5 Å². The predicted molar refractivity (Wildman–Crippen MR) is 136 cm³/mol. The number of fused-ring (bicyclic) bond motifs is 2. The summed E-state index contributed by atoms with van der Waals surface area (Å²) < 4.78 is 3.62. The molecule has 1 saturated carbocycles. The van der Waals surface area contributed by atoms with Gasteiger partial charge in [0.05, 0.1) is 6.20 Å². The molecule has 3 aromatic rings. The summed E-state index contributed by atoms with van der Waals surface area (Å²) >= 11 is 3.47. The van der Waals surface area contributed by atoms with E-state index in [-0.39, 0.29) is 23.4 Å². The maximum atomic E-state index is 13.3. The molecule has 0 radical (unpaired) electrons. The number of nitrogens with zero attached hydrogens (tertiary/aromatic N) is 4. The molecule has 2 aliphatic rings. The fraction of sp³-hybridized carbons (Fsp3) is 0.360. The van der Waals surface area contributed by atoms with Gasteiger partial charge in [-0.15, -0.1) is 0 Å². The van der Waals surface area contributed by atoms with Crippen molar-refractivity contribution in [2.24, 2.45) is 5.92 Å². The smallest absolute Gasteiger partial charge is 0.270 e. The molecule has 1 aromatic carbocycles. The molecule has 0 saturated heterocycles. The molecule has 2 aromatic heterocycles. The lowest BCUT2D eigenvalue weighted by molar-refractivity contribution is -0.114. The highest BCUT2D eigenvalue weighted by Crippen LogP contribution is 2.31. The van der Waals surface area contributed by atoms with Crippen LogP contribution in [0.1, 0.15) is 48.2 Å². The predicted octanol–water partition coefficient (Wildman–Crippen LogP) is 3.11. The summed E-state index contributed by atoms with van der Waals surface area (Å²) in [7, 11) is 0. The van der Waals surface area contributed by atoms with Crippen molar-refractivity contribution in [2.75, 3.05) is 11.4 Å². The van der Waals surface area contributed by atoms with Gasteiger partial charge in [0.2, 0.25) is 5.88 Å². The van der Waals surface area contributed by atoms with Crippen LogP contribution in [0.25, 0.3) is 11.7 Å². The molecule has 10 heteroatoms. The quantitative estimate of drug-likeness (QED) is 0.468. The summed E-state index contributed by atoms with van der Waals surface area (Å²) in [6.07, 6.45) is 7.02. The first kappa shape index (κ1) is 23.3. The molecule has 0 atom stereocenters. The Morgan fingerprint density at radius 2 is 2.09 bits per heavy atom. The van der Waals surface area contributed by atoms with Gasteiger partial charge in [-0.25, -0.2) is 0 Å². The van der Waals surface area contributed by atoms with Crippen LogP contribution >= 0.6 is 15.9 Å². The Hall–Kier alpha value is -3.40. The van der Waals surface area contributed by atoms with Gasteiger partial charge in [0.15, 0.2) is 5.56 Å². The van der Waals surface area contributed by atoms with E-state index in [0.29, 0.717) is 24.3 Å². The molecule has 5 rings (SSSR count). The molecule has 1 aliphatic heterocycles. The lowest BCUT2D eigenvalue weighted by Crippen LogP contribution is -2.36. The van der Waals surface area contributed by atoms with Gasteiger partial charge in [0.25, 0.3) is 17.4 Å². The van der Waals surface area contributed by atoms with E-state index in [1.54, 1.807) is 11.0 Å². The van der Waals surface area contributed by atoms with Crippen LogP contribution < -0.4 is 15.8 Å². The maximum absolute atomic E-state index is 13.3. The number of anilines is 1. The molecule has 35 heavy (non-hydrogen) atoms. The zero-order chi connectivity index (χ0) is 24.9. The van der Waals surface area contributed by atoms with E-state index in [1.807, 2.05) is 32.0 Å². The highest BCUT2D eigenvalue weighted by molar-refractivity contribution is 9.10. The summed E-state index contributed by atoms with van der Waals surface area (Å²) in [4.78, 5) is 40.8. The van der Waals surface area contributed by atoms with Crippen LogP contribution in [-0.2, 0) is 17.8 Å². The van der Waals surface area contributed by atoms with Gasteiger partial charge in [-0.3, -0.25) is 19.0 Å². The van der Waals surface area contributed by atoms with Crippen molar-refractivity contribution in [2.45, 2.75) is 45.7 Å². The first-order valence-electron chi connectivity index (χ1n) is 11.7. The van der Waals surface area contributed by atoms with Gasteiger partial charge < -0.3 is 15.3 Å². The summed E-state index contributed by atoms with van der Waals surface area (Å²) in [6.45, 7) is 4.82. The molecule has 9 nitrogen and oxygen atoms in total. The Morgan fingerprint density at radius 1 is 1.31 bits per heavy atom. The van der Waals surface area contributed by atoms with E-state index < -0.39 is 17.3 Å². The maximum Gasteiger partial charge on any atom is 0.270 e. The normalized spacial score (nSPS) is 15.4. The molecular weight excluding hydrogens is 514 g/mol. The summed E-state index contributed by atoms with van der Waals surface area (Å²) in [5.41, 5.74) is 1.91. The Bertz CT molecular complexity index is 1430. The lowest BCUT2D eigenvalue weighted by Gasteiger charge is -2.16. The van der Waals surface area contributed by atoms with Crippen molar-refractivity contribution >= 4 is 45.2 Å². The van der Waals surface area contributed by atoms with Gasteiger partial charge in [-0.2, -0.15) is 9.61 Å². The van der Waals surface area contributed by atoms with Crippen LogP contribution in [0, 0.1) is 5.92 Å². The summed E-state index contributed by atoms with van der Waals surface area (Å²) in [6, 6.07) is 5.88. The van der Waals surface area contributed by atoms with Gasteiger partial charge in [-0.1, -0.05) is 29.8 Å². The van der Waals surface area contributed by atoms with Gasteiger partial charge >= 0.3 is 0 Å². The first-order valence-corrected chi connectivity index (χ1v) is 12.5.